The van der Waals surface area contributed by atoms with Gasteiger partial charge in [0.2, 0.25) is 11.9 Å². The molecule has 0 bridgehead atoms. The van der Waals surface area contributed by atoms with Gasteiger partial charge in [-0.25, -0.2) is 9.97 Å². The van der Waals surface area contributed by atoms with Crippen LogP contribution in [-0.2, 0) is 4.79 Å². The normalized spacial score (nSPS) is 24.9. The van der Waals surface area contributed by atoms with Crippen molar-refractivity contribution in [3.63, 3.8) is 0 Å². The van der Waals surface area contributed by atoms with Crippen LogP contribution in [0.1, 0.15) is 32.1 Å². The number of aromatic nitrogens is 2. The maximum absolute atomic E-state index is 12.2. The van der Waals surface area contributed by atoms with E-state index in [1.165, 1.54) is 0 Å². The third-order valence-corrected chi connectivity index (χ3v) is 5.24. The van der Waals surface area contributed by atoms with E-state index < -0.39 is 0 Å². The molecular formula is C18H30N6O. The zero-order valence-corrected chi connectivity index (χ0v) is 14.9. The second kappa shape index (κ2) is 9.10. The van der Waals surface area contributed by atoms with Crippen molar-refractivity contribution >= 4 is 11.9 Å². The fourth-order valence-electron chi connectivity index (χ4n) is 3.75. The quantitative estimate of drug-likeness (QED) is 0.735. The molecule has 0 spiro atoms. The lowest BCUT2D eigenvalue weighted by atomic mass is 9.85. The summed E-state index contributed by atoms with van der Waals surface area (Å²) < 4.78 is 0. The standard InChI is InChI=1S/C18H30N6O/c19-16-5-1-4-15(14-16)17(25)20-8-3-9-23-10-12-24(13-11-23)18-21-6-2-7-22-18/h2,6-7,15-16H,1,3-5,8-14,19H2,(H,20,25). The average molecular weight is 346 g/mol. The van der Waals surface area contributed by atoms with Crippen LogP contribution in [0.5, 0.6) is 0 Å². The van der Waals surface area contributed by atoms with Crippen molar-refractivity contribution in [2.75, 3.05) is 44.2 Å². The van der Waals surface area contributed by atoms with Crippen LogP contribution in [0.4, 0.5) is 5.95 Å². The van der Waals surface area contributed by atoms with Gasteiger partial charge in [-0.1, -0.05) is 6.42 Å². The molecule has 3 N–H and O–H groups in total. The van der Waals surface area contributed by atoms with Crippen LogP contribution in [0.3, 0.4) is 0 Å². The Hall–Kier alpha value is -1.73. The molecule has 7 heteroatoms. The van der Waals surface area contributed by atoms with Gasteiger partial charge in [0, 0.05) is 57.1 Å². The van der Waals surface area contributed by atoms with Crippen molar-refractivity contribution in [3.05, 3.63) is 18.5 Å². The van der Waals surface area contributed by atoms with E-state index in [9.17, 15) is 4.79 Å². The Balaban J connectivity index is 1.29. The predicted molar refractivity (Wildman–Crippen MR) is 98.2 cm³/mol. The van der Waals surface area contributed by atoms with Gasteiger partial charge in [0.1, 0.15) is 0 Å². The van der Waals surface area contributed by atoms with Gasteiger partial charge in [-0.05, 0) is 38.3 Å². The molecule has 25 heavy (non-hydrogen) atoms. The van der Waals surface area contributed by atoms with Crippen molar-refractivity contribution in [1.82, 2.24) is 20.2 Å². The fourth-order valence-corrected chi connectivity index (χ4v) is 3.75. The maximum atomic E-state index is 12.2. The van der Waals surface area contributed by atoms with Crippen LogP contribution in [-0.4, -0.2) is 66.1 Å². The number of hydrogen-bond donors (Lipinski definition) is 2. The van der Waals surface area contributed by atoms with Crippen molar-refractivity contribution in [1.29, 1.82) is 0 Å². The van der Waals surface area contributed by atoms with E-state index in [0.29, 0.717) is 0 Å². The third kappa shape index (κ3) is 5.37. The lowest BCUT2D eigenvalue weighted by molar-refractivity contribution is -0.126. The Labute approximate surface area is 150 Å². The highest BCUT2D eigenvalue weighted by atomic mass is 16.1. The molecule has 7 nitrogen and oxygen atoms in total. The Morgan fingerprint density at radius 2 is 1.96 bits per heavy atom. The summed E-state index contributed by atoms with van der Waals surface area (Å²) >= 11 is 0. The minimum absolute atomic E-state index is 0.123. The molecule has 2 unspecified atom stereocenters. The number of anilines is 1. The third-order valence-electron chi connectivity index (χ3n) is 5.24. The number of carbonyl (C=O) groups is 1. The second-order valence-corrected chi connectivity index (χ2v) is 7.15. The highest BCUT2D eigenvalue weighted by Crippen LogP contribution is 2.23. The Morgan fingerprint density at radius 1 is 1.20 bits per heavy atom. The van der Waals surface area contributed by atoms with Crippen molar-refractivity contribution in [2.24, 2.45) is 11.7 Å². The smallest absolute Gasteiger partial charge is 0.225 e. The Morgan fingerprint density at radius 3 is 2.68 bits per heavy atom. The lowest BCUT2D eigenvalue weighted by Crippen LogP contribution is -2.47. The summed E-state index contributed by atoms with van der Waals surface area (Å²) in [4.78, 5) is 25.5. The fraction of sp³-hybridized carbons (Fsp3) is 0.722. The summed E-state index contributed by atoms with van der Waals surface area (Å²) in [5.74, 6) is 1.14. The summed E-state index contributed by atoms with van der Waals surface area (Å²) in [6, 6.07) is 2.05. The second-order valence-electron chi connectivity index (χ2n) is 7.15. The van der Waals surface area contributed by atoms with E-state index in [0.717, 1.165) is 77.3 Å². The number of nitrogens with zero attached hydrogens (tertiary/aromatic N) is 4. The zero-order valence-electron chi connectivity index (χ0n) is 14.9. The summed E-state index contributed by atoms with van der Waals surface area (Å²) in [6.07, 6.45) is 8.54. The molecule has 138 valence electrons. The average Bonchev–Trinajstić information content (AvgIpc) is 2.66. The number of hydrogen-bond acceptors (Lipinski definition) is 6. The van der Waals surface area contributed by atoms with Gasteiger partial charge in [0.05, 0.1) is 0 Å². The van der Waals surface area contributed by atoms with Gasteiger partial charge < -0.3 is 16.0 Å². The van der Waals surface area contributed by atoms with Gasteiger partial charge in [-0.2, -0.15) is 0 Å². The summed E-state index contributed by atoms with van der Waals surface area (Å²) in [7, 11) is 0. The van der Waals surface area contributed by atoms with Gasteiger partial charge >= 0.3 is 0 Å². The molecule has 1 aliphatic heterocycles. The minimum Gasteiger partial charge on any atom is -0.356 e. The van der Waals surface area contributed by atoms with Crippen LogP contribution in [0, 0.1) is 5.92 Å². The van der Waals surface area contributed by atoms with Crippen LogP contribution >= 0.6 is 0 Å². The van der Waals surface area contributed by atoms with Crippen LogP contribution in [0.25, 0.3) is 0 Å². The monoisotopic (exact) mass is 346 g/mol. The van der Waals surface area contributed by atoms with Gasteiger partial charge in [-0.15, -0.1) is 0 Å². The Kier molecular flexibility index (Phi) is 6.58. The van der Waals surface area contributed by atoms with E-state index in [4.69, 9.17) is 5.73 Å². The highest BCUT2D eigenvalue weighted by molar-refractivity contribution is 5.78. The summed E-state index contributed by atoms with van der Waals surface area (Å²) in [5, 5.41) is 3.10. The Bertz CT molecular complexity index is 532. The molecule has 2 heterocycles. The summed E-state index contributed by atoms with van der Waals surface area (Å²) in [6.45, 7) is 5.72. The van der Waals surface area contributed by atoms with E-state index in [1.807, 2.05) is 6.07 Å². The van der Waals surface area contributed by atoms with Crippen molar-refractivity contribution < 1.29 is 4.79 Å². The van der Waals surface area contributed by atoms with Gasteiger partial charge in [0.15, 0.2) is 0 Å². The van der Waals surface area contributed by atoms with E-state index in [-0.39, 0.29) is 17.9 Å². The van der Waals surface area contributed by atoms with Crippen molar-refractivity contribution in [2.45, 2.75) is 38.1 Å². The first-order valence-corrected chi connectivity index (χ1v) is 9.50. The molecule has 0 radical (unpaired) electrons. The lowest BCUT2D eigenvalue weighted by Gasteiger charge is -2.34. The van der Waals surface area contributed by atoms with E-state index in [1.54, 1.807) is 12.4 Å². The number of amides is 1. The molecular weight excluding hydrogens is 316 g/mol. The molecule has 0 aromatic carbocycles. The minimum atomic E-state index is 0.123. The zero-order chi connectivity index (χ0) is 17.5. The molecule has 1 aliphatic carbocycles. The first kappa shape index (κ1) is 18.1. The number of nitrogens with one attached hydrogen (secondary N) is 1. The van der Waals surface area contributed by atoms with E-state index in [2.05, 4.69) is 25.1 Å². The molecule has 2 fully saturated rings. The molecule has 3 rings (SSSR count). The molecule has 2 atom stereocenters. The molecule has 2 aliphatic rings. The van der Waals surface area contributed by atoms with Crippen LogP contribution in [0.15, 0.2) is 18.5 Å². The number of piperazine rings is 1. The van der Waals surface area contributed by atoms with Crippen LogP contribution in [0.2, 0.25) is 0 Å². The topological polar surface area (TPSA) is 87.4 Å². The SMILES string of the molecule is NC1CCCC(C(=O)NCCCN2CCN(c3ncccn3)CC2)C1. The van der Waals surface area contributed by atoms with Gasteiger partial charge in [0.25, 0.3) is 0 Å². The number of nitrogens with two attached hydrogens (primary N) is 1. The van der Waals surface area contributed by atoms with Crippen molar-refractivity contribution in [3.8, 4) is 0 Å². The van der Waals surface area contributed by atoms with Gasteiger partial charge in [-0.3, -0.25) is 9.69 Å². The predicted octanol–water partition coefficient (Wildman–Crippen LogP) is 0.622. The maximum Gasteiger partial charge on any atom is 0.225 e. The largest absolute Gasteiger partial charge is 0.356 e. The number of carbonyl (C=O) groups excluding carboxylic acids is 1. The molecule has 1 saturated heterocycles. The first-order chi connectivity index (χ1) is 12.2. The van der Waals surface area contributed by atoms with E-state index >= 15 is 0 Å². The number of rotatable bonds is 6. The molecule has 1 amide bonds. The highest BCUT2D eigenvalue weighted by Gasteiger charge is 2.25. The molecule has 1 aromatic heterocycles. The first-order valence-electron chi connectivity index (χ1n) is 9.50. The van der Waals surface area contributed by atoms with Crippen LogP contribution < -0.4 is 16.0 Å². The molecule has 1 aromatic rings. The summed E-state index contributed by atoms with van der Waals surface area (Å²) in [5.41, 5.74) is 5.97. The molecule has 1 saturated carbocycles.